The summed E-state index contributed by atoms with van der Waals surface area (Å²) in [6.45, 7) is 2.41. The van der Waals surface area contributed by atoms with Gasteiger partial charge in [0.25, 0.3) is 0 Å². The fraction of sp³-hybridized carbons (Fsp3) is 0.571. The van der Waals surface area contributed by atoms with E-state index in [4.69, 9.17) is 4.74 Å². The molecule has 1 saturated carbocycles. The molecule has 1 fully saturated rings. The van der Waals surface area contributed by atoms with Crippen LogP contribution in [0.1, 0.15) is 43.7 Å². The second-order valence-electron chi connectivity index (χ2n) is 5.30. The Kier molecular flexibility index (Phi) is 1.79. The molecule has 1 aromatic carbocycles. The fourth-order valence-corrected chi connectivity index (χ4v) is 3.47. The number of benzene rings is 1. The van der Waals surface area contributed by atoms with Crippen LogP contribution < -0.4 is 0 Å². The van der Waals surface area contributed by atoms with E-state index in [1.807, 2.05) is 7.11 Å². The van der Waals surface area contributed by atoms with Crippen LogP contribution in [-0.2, 0) is 15.8 Å². The van der Waals surface area contributed by atoms with Gasteiger partial charge in [0.2, 0.25) is 0 Å². The fourth-order valence-electron chi connectivity index (χ4n) is 3.47. The van der Waals surface area contributed by atoms with E-state index in [2.05, 4.69) is 31.2 Å². The lowest BCUT2D eigenvalue weighted by molar-refractivity contribution is -0.0728. The second kappa shape index (κ2) is 2.85. The van der Waals surface area contributed by atoms with E-state index in [0.29, 0.717) is 5.41 Å². The van der Waals surface area contributed by atoms with Gasteiger partial charge in [0.15, 0.2) is 0 Å². The SMILES string of the molecule is COC12CCC(C)(CC1)c1ccccc12. The smallest absolute Gasteiger partial charge is 0.0931 e. The molecule has 1 aromatic rings. The lowest BCUT2D eigenvalue weighted by Gasteiger charge is -2.52. The number of methoxy groups -OCH3 is 1. The zero-order valence-corrected chi connectivity index (χ0v) is 9.55. The summed E-state index contributed by atoms with van der Waals surface area (Å²) in [5.74, 6) is 0. The van der Waals surface area contributed by atoms with Crippen molar-refractivity contribution in [2.24, 2.45) is 0 Å². The Balaban J connectivity index is 2.24. The third-order valence-electron chi connectivity index (χ3n) is 4.62. The quantitative estimate of drug-likeness (QED) is 0.678. The van der Waals surface area contributed by atoms with Crippen molar-refractivity contribution in [3.63, 3.8) is 0 Å². The highest BCUT2D eigenvalue weighted by Crippen LogP contribution is 2.56. The van der Waals surface area contributed by atoms with Gasteiger partial charge in [-0.2, -0.15) is 0 Å². The molecule has 0 saturated heterocycles. The summed E-state index contributed by atoms with van der Waals surface area (Å²) < 4.78 is 5.84. The second-order valence-corrected chi connectivity index (χ2v) is 5.30. The van der Waals surface area contributed by atoms with Gasteiger partial charge < -0.3 is 4.74 Å². The highest BCUT2D eigenvalue weighted by Gasteiger charge is 2.50. The molecule has 0 spiro atoms. The minimum absolute atomic E-state index is 0.0361. The molecule has 15 heavy (non-hydrogen) atoms. The average Bonchev–Trinajstić information content (AvgIpc) is 2.31. The Morgan fingerprint density at radius 2 is 1.60 bits per heavy atom. The van der Waals surface area contributed by atoms with Gasteiger partial charge in [0, 0.05) is 7.11 Å². The van der Waals surface area contributed by atoms with Crippen LogP contribution in [-0.4, -0.2) is 7.11 Å². The molecule has 0 N–H and O–H groups in total. The zero-order chi connectivity index (χ0) is 10.5. The van der Waals surface area contributed by atoms with Crippen LogP contribution in [0.3, 0.4) is 0 Å². The predicted octanol–water partition coefficient (Wildman–Crippen LogP) is 3.37. The molecule has 4 rings (SSSR count). The molecule has 0 radical (unpaired) electrons. The summed E-state index contributed by atoms with van der Waals surface area (Å²) in [5, 5.41) is 0. The maximum atomic E-state index is 5.84. The van der Waals surface area contributed by atoms with Gasteiger partial charge in [-0.3, -0.25) is 0 Å². The average molecular weight is 202 g/mol. The molecule has 0 aliphatic heterocycles. The van der Waals surface area contributed by atoms with Crippen molar-refractivity contribution in [2.45, 2.75) is 43.6 Å². The summed E-state index contributed by atoms with van der Waals surface area (Å²) in [4.78, 5) is 0. The van der Waals surface area contributed by atoms with Gasteiger partial charge in [-0.15, -0.1) is 0 Å². The third-order valence-corrected chi connectivity index (χ3v) is 4.62. The molecule has 3 aliphatic carbocycles. The molecule has 2 bridgehead atoms. The van der Waals surface area contributed by atoms with Crippen LogP contribution in [0.2, 0.25) is 0 Å². The molecule has 1 nitrogen and oxygen atoms in total. The predicted molar refractivity (Wildman–Crippen MR) is 60.9 cm³/mol. The first-order chi connectivity index (χ1) is 7.20. The Morgan fingerprint density at radius 3 is 2.20 bits per heavy atom. The number of fused-ring (bicyclic) bond motifs is 2. The van der Waals surface area contributed by atoms with Gasteiger partial charge in [0.05, 0.1) is 5.60 Å². The Morgan fingerprint density at radius 1 is 1.00 bits per heavy atom. The van der Waals surface area contributed by atoms with Crippen LogP contribution in [0, 0.1) is 0 Å². The van der Waals surface area contributed by atoms with Gasteiger partial charge in [-0.05, 0) is 42.2 Å². The highest BCUT2D eigenvalue weighted by molar-refractivity contribution is 5.43. The Labute approximate surface area is 91.5 Å². The Bertz CT molecular complexity index is 386. The number of hydrogen-bond acceptors (Lipinski definition) is 1. The first kappa shape index (κ1) is 9.41. The number of ether oxygens (including phenoxy) is 1. The highest BCUT2D eigenvalue weighted by atomic mass is 16.5. The van der Waals surface area contributed by atoms with E-state index >= 15 is 0 Å². The molecule has 0 amide bonds. The zero-order valence-electron chi connectivity index (χ0n) is 9.55. The normalized spacial score (nSPS) is 37.7. The molecule has 0 aromatic heterocycles. The van der Waals surface area contributed by atoms with E-state index in [-0.39, 0.29) is 5.60 Å². The minimum Gasteiger partial charge on any atom is -0.374 e. The van der Waals surface area contributed by atoms with Crippen LogP contribution >= 0.6 is 0 Å². The molecular weight excluding hydrogens is 184 g/mol. The molecule has 3 aliphatic rings. The number of hydrogen-bond donors (Lipinski definition) is 0. The van der Waals surface area contributed by atoms with Crippen LogP contribution in [0.15, 0.2) is 24.3 Å². The van der Waals surface area contributed by atoms with Crippen molar-refractivity contribution < 1.29 is 4.74 Å². The van der Waals surface area contributed by atoms with E-state index in [1.54, 1.807) is 0 Å². The van der Waals surface area contributed by atoms with Crippen molar-refractivity contribution in [1.29, 1.82) is 0 Å². The van der Waals surface area contributed by atoms with Gasteiger partial charge in [-0.1, -0.05) is 31.2 Å². The number of rotatable bonds is 1. The molecular formula is C14H18O. The van der Waals surface area contributed by atoms with E-state index in [1.165, 1.54) is 36.8 Å². The van der Waals surface area contributed by atoms with Crippen molar-refractivity contribution >= 4 is 0 Å². The summed E-state index contributed by atoms with van der Waals surface area (Å²) >= 11 is 0. The van der Waals surface area contributed by atoms with Crippen molar-refractivity contribution in [2.75, 3.05) is 7.11 Å². The lowest BCUT2D eigenvalue weighted by Crippen LogP contribution is -2.46. The lowest BCUT2D eigenvalue weighted by atomic mass is 9.57. The first-order valence-corrected chi connectivity index (χ1v) is 5.85. The standard InChI is InChI=1S/C14H18O/c1-13-7-9-14(15-2,10-8-13)12-6-4-3-5-11(12)13/h3-6H,7-10H2,1-2H3. The topological polar surface area (TPSA) is 9.23 Å². The molecule has 80 valence electrons. The monoisotopic (exact) mass is 202 g/mol. The maximum Gasteiger partial charge on any atom is 0.0931 e. The van der Waals surface area contributed by atoms with E-state index in [0.717, 1.165) is 0 Å². The van der Waals surface area contributed by atoms with Gasteiger partial charge in [-0.25, -0.2) is 0 Å². The Hall–Kier alpha value is -0.820. The van der Waals surface area contributed by atoms with Crippen LogP contribution in [0.5, 0.6) is 0 Å². The van der Waals surface area contributed by atoms with Gasteiger partial charge in [0.1, 0.15) is 0 Å². The van der Waals surface area contributed by atoms with Crippen molar-refractivity contribution in [1.82, 2.24) is 0 Å². The van der Waals surface area contributed by atoms with E-state index < -0.39 is 0 Å². The van der Waals surface area contributed by atoms with Crippen molar-refractivity contribution in [3.8, 4) is 0 Å². The molecule has 0 unspecified atom stereocenters. The summed E-state index contributed by atoms with van der Waals surface area (Å²) in [6, 6.07) is 8.86. The summed E-state index contributed by atoms with van der Waals surface area (Å²) in [7, 11) is 1.87. The minimum atomic E-state index is 0.0361. The molecule has 1 heteroatoms. The summed E-state index contributed by atoms with van der Waals surface area (Å²) in [6.07, 6.45) is 4.93. The van der Waals surface area contributed by atoms with Gasteiger partial charge >= 0.3 is 0 Å². The summed E-state index contributed by atoms with van der Waals surface area (Å²) in [5.41, 5.74) is 3.43. The van der Waals surface area contributed by atoms with Crippen molar-refractivity contribution in [3.05, 3.63) is 35.4 Å². The third kappa shape index (κ3) is 1.07. The van der Waals surface area contributed by atoms with Crippen LogP contribution in [0.25, 0.3) is 0 Å². The first-order valence-electron chi connectivity index (χ1n) is 5.85. The maximum absolute atomic E-state index is 5.84. The van der Waals surface area contributed by atoms with E-state index in [9.17, 15) is 0 Å². The molecule has 0 heterocycles. The molecule has 0 atom stereocenters. The van der Waals surface area contributed by atoms with Crippen LogP contribution in [0.4, 0.5) is 0 Å². The largest absolute Gasteiger partial charge is 0.374 e.